The van der Waals surface area contributed by atoms with Gasteiger partial charge in [-0.15, -0.1) is 0 Å². The molecule has 2 aliphatic rings. The van der Waals surface area contributed by atoms with Crippen LogP contribution in [-0.2, 0) is 12.7 Å². The zero-order chi connectivity index (χ0) is 26.2. The third kappa shape index (κ3) is 4.68. The molecule has 2 unspecified atom stereocenters. The molecule has 13 heteroatoms. The Bertz CT molecular complexity index is 1290. The van der Waals surface area contributed by atoms with Crippen molar-refractivity contribution in [1.82, 2.24) is 4.90 Å². The average molecular weight is 512 g/mol. The molecule has 0 saturated carbocycles. The smallest absolute Gasteiger partial charge is 0.365 e. The van der Waals surface area contributed by atoms with Crippen LogP contribution in [0, 0.1) is 39.3 Å². The minimum atomic E-state index is -5.64. The molecule has 6 nitrogen and oxygen atoms in total. The summed E-state index contributed by atoms with van der Waals surface area (Å²) in [6.07, 6.45) is 4.40. The molecule has 2 aromatic rings. The Morgan fingerprint density at radius 2 is 1.61 bits per heavy atom. The van der Waals surface area contributed by atoms with Gasteiger partial charge >= 0.3 is 6.18 Å². The van der Waals surface area contributed by atoms with E-state index in [-0.39, 0.29) is 17.6 Å². The van der Waals surface area contributed by atoms with E-state index in [4.69, 9.17) is 0 Å². The summed E-state index contributed by atoms with van der Waals surface area (Å²) in [5.41, 5.74) is -1.22. The van der Waals surface area contributed by atoms with E-state index in [1.54, 1.807) is 35.9 Å². The molecule has 1 aliphatic heterocycles. The molecule has 4 rings (SSSR count). The first-order valence-electron chi connectivity index (χ1n) is 10.3. The number of nitrogens with one attached hydrogen (secondary N) is 1. The van der Waals surface area contributed by atoms with Crippen LogP contribution >= 0.6 is 0 Å². The summed E-state index contributed by atoms with van der Waals surface area (Å²) >= 11 is 0. The highest BCUT2D eigenvalue weighted by Crippen LogP contribution is 2.38. The molecule has 0 spiro atoms. The van der Waals surface area contributed by atoms with Crippen LogP contribution in [-0.4, -0.2) is 22.1 Å². The van der Waals surface area contributed by atoms with Gasteiger partial charge in [0.2, 0.25) is 0 Å². The summed E-state index contributed by atoms with van der Waals surface area (Å²) in [6, 6.07) is 5.72. The number of allylic oxidation sites excluding steroid dienone is 2. The van der Waals surface area contributed by atoms with Crippen molar-refractivity contribution in [2.75, 3.05) is 5.43 Å². The Hall–Kier alpha value is -4.16. The molecule has 0 aromatic heterocycles. The Balaban J connectivity index is 1.56. The van der Waals surface area contributed by atoms with Gasteiger partial charge in [-0.1, -0.05) is 36.4 Å². The number of alkyl halides is 3. The lowest BCUT2D eigenvalue weighted by atomic mass is 9.91. The number of nitro groups is 1. The van der Waals surface area contributed by atoms with Crippen molar-refractivity contribution in [3.05, 3.63) is 105 Å². The molecule has 0 amide bonds. The fourth-order valence-electron chi connectivity index (χ4n) is 3.94. The second-order valence-electron chi connectivity index (χ2n) is 7.88. The summed E-state index contributed by atoms with van der Waals surface area (Å²) in [5.74, 6) is -9.98. The van der Waals surface area contributed by atoms with Gasteiger partial charge < -0.3 is 4.90 Å². The number of anilines is 1. The number of benzene rings is 2. The lowest BCUT2D eigenvalue weighted by molar-refractivity contribution is -0.384. The fraction of sp³-hybridized carbons (Fsp3) is 0.174. The molecule has 1 heterocycles. The molecular formula is C23H15F7N4O2. The molecule has 0 radical (unpaired) electrons. The number of non-ortho nitro benzene ring substituents is 1. The Labute approximate surface area is 198 Å². The highest BCUT2D eigenvalue weighted by Gasteiger charge is 2.42. The molecule has 188 valence electrons. The van der Waals surface area contributed by atoms with Crippen molar-refractivity contribution >= 4 is 17.6 Å². The third-order valence-corrected chi connectivity index (χ3v) is 5.64. The second kappa shape index (κ2) is 9.47. The summed E-state index contributed by atoms with van der Waals surface area (Å²) < 4.78 is 94.0. The summed E-state index contributed by atoms with van der Waals surface area (Å²) in [5, 5.41) is 14.4. The summed E-state index contributed by atoms with van der Waals surface area (Å²) in [4.78, 5) is 12.2. The number of hydrogen-bond acceptors (Lipinski definition) is 5. The van der Waals surface area contributed by atoms with Crippen molar-refractivity contribution in [2.24, 2.45) is 11.0 Å². The van der Waals surface area contributed by atoms with Gasteiger partial charge in [0.05, 0.1) is 17.2 Å². The second-order valence-corrected chi connectivity index (χ2v) is 7.88. The number of hydrazone groups is 1. The number of rotatable bonds is 6. The molecule has 36 heavy (non-hydrogen) atoms. The van der Waals surface area contributed by atoms with Crippen molar-refractivity contribution < 1.29 is 35.7 Å². The maximum absolute atomic E-state index is 14.1. The minimum Gasteiger partial charge on any atom is -0.365 e. The van der Waals surface area contributed by atoms with E-state index in [2.05, 4.69) is 5.10 Å². The van der Waals surface area contributed by atoms with Crippen LogP contribution in [0.15, 0.2) is 65.4 Å². The highest BCUT2D eigenvalue weighted by molar-refractivity contribution is 5.82. The topological polar surface area (TPSA) is 70.8 Å². The molecule has 2 atom stereocenters. The molecular weight excluding hydrogens is 497 g/mol. The highest BCUT2D eigenvalue weighted by atomic mass is 19.4. The van der Waals surface area contributed by atoms with E-state index < -0.39 is 45.6 Å². The van der Waals surface area contributed by atoms with E-state index in [1.165, 1.54) is 12.1 Å². The van der Waals surface area contributed by atoms with E-state index in [0.717, 1.165) is 11.8 Å². The first kappa shape index (κ1) is 24.9. The van der Waals surface area contributed by atoms with Gasteiger partial charge in [0.1, 0.15) is 11.3 Å². The van der Waals surface area contributed by atoms with Crippen LogP contribution in [0.1, 0.15) is 11.1 Å². The van der Waals surface area contributed by atoms with Gasteiger partial charge in [0.15, 0.2) is 23.3 Å². The molecule has 0 saturated heterocycles. The number of nitro benzene ring substituents is 1. The van der Waals surface area contributed by atoms with E-state index in [9.17, 15) is 40.8 Å². The molecule has 1 aliphatic carbocycles. The number of fused-ring (bicyclic) bond motifs is 1. The maximum atomic E-state index is 14.1. The zero-order valence-corrected chi connectivity index (χ0v) is 17.9. The fourth-order valence-corrected chi connectivity index (χ4v) is 3.94. The van der Waals surface area contributed by atoms with Gasteiger partial charge in [-0.05, 0) is 11.1 Å². The first-order chi connectivity index (χ1) is 17.0. The average Bonchev–Trinajstić information content (AvgIpc) is 3.17. The molecule has 0 fully saturated rings. The number of nitrogens with zero attached hydrogens (tertiary/aromatic N) is 3. The first-order valence-corrected chi connectivity index (χ1v) is 10.3. The van der Waals surface area contributed by atoms with Crippen molar-refractivity contribution in [2.45, 2.75) is 18.8 Å². The molecule has 0 bridgehead atoms. The third-order valence-electron chi connectivity index (χ3n) is 5.64. The SMILES string of the molecule is O=[N+]([O-])c1ccc(CN2C=C(/C=N/Nc3c(F)c(F)c(C(F)(F)F)c(F)c3F)C3C=CC=CC32)cc1. The Kier molecular flexibility index (Phi) is 6.57. The van der Waals surface area contributed by atoms with Gasteiger partial charge in [-0.2, -0.15) is 18.3 Å². The van der Waals surface area contributed by atoms with Crippen molar-refractivity contribution in [1.29, 1.82) is 0 Å². The number of halogens is 7. The van der Waals surface area contributed by atoms with E-state index in [1.807, 2.05) is 17.1 Å². The van der Waals surface area contributed by atoms with E-state index in [0.29, 0.717) is 12.1 Å². The minimum absolute atomic E-state index is 0.0661. The number of hydrogen-bond donors (Lipinski definition) is 1. The Morgan fingerprint density at radius 1 is 1.00 bits per heavy atom. The predicted molar refractivity (Wildman–Crippen MR) is 116 cm³/mol. The predicted octanol–water partition coefficient (Wildman–Crippen LogP) is 6.08. The van der Waals surface area contributed by atoms with Crippen LogP contribution in [0.25, 0.3) is 0 Å². The lowest BCUT2D eigenvalue weighted by Gasteiger charge is -2.27. The summed E-state index contributed by atoms with van der Waals surface area (Å²) in [6.45, 7) is 0.348. The van der Waals surface area contributed by atoms with Gasteiger partial charge in [0, 0.05) is 30.8 Å². The summed E-state index contributed by atoms with van der Waals surface area (Å²) in [7, 11) is 0. The quantitative estimate of drug-likeness (QED) is 0.168. The van der Waals surface area contributed by atoms with Crippen LogP contribution in [0.5, 0.6) is 0 Å². The maximum Gasteiger partial charge on any atom is 0.422 e. The monoisotopic (exact) mass is 512 g/mol. The van der Waals surface area contributed by atoms with Gasteiger partial charge in [-0.25, -0.2) is 17.6 Å². The Morgan fingerprint density at radius 3 is 2.19 bits per heavy atom. The van der Waals surface area contributed by atoms with Crippen molar-refractivity contribution in [3.8, 4) is 0 Å². The van der Waals surface area contributed by atoms with Crippen LogP contribution in [0.3, 0.4) is 0 Å². The van der Waals surface area contributed by atoms with Gasteiger partial charge in [-0.3, -0.25) is 15.5 Å². The van der Waals surface area contributed by atoms with Crippen LogP contribution in [0.4, 0.5) is 42.1 Å². The van der Waals surface area contributed by atoms with Crippen LogP contribution in [0.2, 0.25) is 0 Å². The molecule has 2 aromatic carbocycles. The van der Waals surface area contributed by atoms with Crippen molar-refractivity contribution in [3.63, 3.8) is 0 Å². The lowest BCUT2D eigenvalue weighted by Crippen LogP contribution is -2.30. The van der Waals surface area contributed by atoms with Crippen LogP contribution < -0.4 is 5.43 Å². The van der Waals surface area contributed by atoms with E-state index >= 15 is 0 Å². The largest absolute Gasteiger partial charge is 0.422 e. The normalized spacial score (nSPS) is 19.1. The molecule has 1 N–H and O–H groups in total. The van der Waals surface area contributed by atoms with Gasteiger partial charge in [0.25, 0.3) is 5.69 Å². The zero-order valence-electron chi connectivity index (χ0n) is 17.9. The standard InChI is InChI=1S/C23H15F7N4O2/c24-18-17(23(28,29)30)19(25)21(27)22(20(18)26)32-31-9-13-11-33(16-4-2-1-3-15(13)16)10-12-5-7-14(8-6-12)34(35)36/h1-9,11,15-16,32H,10H2/b31-9+.